The average molecular weight is 456 g/mol. The van der Waals surface area contributed by atoms with Crippen LogP contribution >= 0.6 is 0 Å². The first kappa shape index (κ1) is 22.4. The molecule has 0 saturated heterocycles. The third kappa shape index (κ3) is 4.56. The summed E-state index contributed by atoms with van der Waals surface area (Å²) in [6.07, 6.45) is 1.36. The highest BCUT2D eigenvalue weighted by Crippen LogP contribution is 2.32. The lowest BCUT2D eigenvalue weighted by Gasteiger charge is -2.38. The van der Waals surface area contributed by atoms with E-state index >= 15 is 0 Å². The number of carbonyl (C=O) groups is 2. The molecule has 1 aliphatic rings. The standard InChI is InChI=1S/C21H24N6O6/c1-32-15(28)8-33-12-4-2-11(3-5-12)21(31)26-13-6-7-14(18(30)17(13)29)27-10-25-16-19(22)23-9-24-20(16)27/h2-5,9-10,13-14,17-18,29-30H,6-8H2,1H3,(H,26,31)(H2,22,23,24)/t13-,14-,17-,18-/m1/s1. The number of nitrogen functional groups attached to an aromatic ring is 1. The van der Waals surface area contributed by atoms with Crippen LogP contribution in [0.15, 0.2) is 36.9 Å². The number of nitrogens with one attached hydrogen (secondary N) is 1. The van der Waals surface area contributed by atoms with Gasteiger partial charge in [0.2, 0.25) is 0 Å². The van der Waals surface area contributed by atoms with E-state index < -0.39 is 36.2 Å². The Balaban J connectivity index is 1.39. The zero-order valence-electron chi connectivity index (χ0n) is 17.8. The van der Waals surface area contributed by atoms with Gasteiger partial charge in [0.05, 0.1) is 25.5 Å². The molecule has 0 spiro atoms. The maximum Gasteiger partial charge on any atom is 0.343 e. The number of nitrogens with two attached hydrogens (primary N) is 1. The summed E-state index contributed by atoms with van der Waals surface area (Å²) in [6, 6.07) is 5.05. The van der Waals surface area contributed by atoms with Crippen molar-refractivity contribution < 1.29 is 29.3 Å². The number of rotatable bonds is 6. The van der Waals surface area contributed by atoms with Gasteiger partial charge in [0.1, 0.15) is 29.8 Å². The van der Waals surface area contributed by atoms with Gasteiger partial charge in [0.15, 0.2) is 18.1 Å². The Labute approximate surface area is 188 Å². The second-order valence-electron chi connectivity index (χ2n) is 7.68. The first-order valence-electron chi connectivity index (χ1n) is 10.3. The Kier molecular flexibility index (Phi) is 6.38. The molecule has 33 heavy (non-hydrogen) atoms. The predicted octanol–water partition coefficient (Wildman–Crippen LogP) is -0.184. The summed E-state index contributed by atoms with van der Waals surface area (Å²) < 4.78 is 11.4. The summed E-state index contributed by atoms with van der Waals surface area (Å²) >= 11 is 0. The SMILES string of the molecule is COC(=O)COc1ccc(C(=O)N[C@@H]2CC[C@@H](n3cnc4c(N)ncnc43)[C@@H](O)[C@@H]2O)cc1. The number of aliphatic hydroxyl groups is 2. The lowest BCUT2D eigenvalue weighted by molar-refractivity contribution is -0.142. The van der Waals surface area contributed by atoms with E-state index in [2.05, 4.69) is 25.0 Å². The van der Waals surface area contributed by atoms with E-state index in [0.29, 0.717) is 35.3 Å². The van der Waals surface area contributed by atoms with Gasteiger partial charge < -0.3 is 35.3 Å². The summed E-state index contributed by atoms with van der Waals surface area (Å²) in [6.45, 7) is -0.236. The lowest BCUT2D eigenvalue weighted by atomic mass is 9.85. The number of amides is 1. The van der Waals surface area contributed by atoms with Crippen molar-refractivity contribution in [1.29, 1.82) is 0 Å². The lowest BCUT2D eigenvalue weighted by Crippen LogP contribution is -2.54. The molecule has 0 bridgehead atoms. The van der Waals surface area contributed by atoms with Crippen LogP contribution in [0, 0.1) is 0 Å². The van der Waals surface area contributed by atoms with E-state index in [1.807, 2.05) is 0 Å². The van der Waals surface area contributed by atoms with Crippen LogP contribution in [0.2, 0.25) is 0 Å². The molecule has 2 heterocycles. The number of hydrogen-bond acceptors (Lipinski definition) is 10. The number of carbonyl (C=O) groups excluding carboxylic acids is 2. The summed E-state index contributed by atoms with van der Waals surface area (Å²) in [4.78, 5) is 36.1. The van der Waals surface area contributed by atoms with Crippen LogP contribution in [-0.4, -0.2) is 73.6 Å². The minimum absolute atomic E-state index is 0.233. The van der Waals surface area contributed by atoms with Crippen molar-refractivity contribution in [2.45, 2.75) is 37.1 Å². The Bertz CT molecular complexity index is 1150. The second kappa shape index (κ2) is 9.38. The monoisotopic (exact) mass is 456 g/mol. The minimum Gasteiger partial charge on any atom is -0.482 e. The Morgan fingerprint density at radius 1 is 1.15 bits per heavy atom. The highest BCUT2D eigenvalue weighted by Gasteiger charge is 2.39. The van der Waals surface area contributed by atoms with Crippen molar-refractivity contribution in [1.82, 2.24) is 24.8 Å². The Morgan fingerprint density at radius 2 is 1.91 bits per heavy atom. The molecule has 1 amide bonds. The molecule has 3 aromatic rings. The number of benzene rings is 1. The van der Waals surface area contributed by atoms with Gasteiger partial charge in [-0.2, -0.15) is 0 Å². The molecular weight excluding hydrogens is 432 g/mol. The third-order valence-electron chi connectivity index (χ3n) is 5.69. The van der Waals surface area contributed by atoms with Crippen LogP contribution in [0.4, 0.5) is 5.82 Å². The molecule has 0 unspecified atom stereocenters. The number of aliphatic hydroxyl groups excluding tert-OH is 2. The molecule has 1 saturated carbocycles. The number of ether oxygens (including phenoxy) is 2. The fourth-order valence-electron chi connectivity index (χ4n) is 3.89. The molecule has 5 N–H and O–H groups in total. The molecule has 12 heteroatoms. The van der Waals surface area contributed by atoms with E-state index in [4.69, 9.17) is 10.5 Å². The first-order valence-corrected chi connectivity index (χ1v) is 10.3. The van der Waals surface area contributed by atoms with Gasteiger partial charge >= 0.3 is 5.97 Å². The molecule has 1 aromatic carbocycles. The van der Waals surface area contributed by atoms with Crippen molar-refractivity contribution in [2.24, 2.45) is 0 Å². The maximum atomic E-state index is 12.6. The van der Waals surface area contributed by atoms with E-state index in [1.165, 1.54) is 31.9 Å². The first-order chi connectivity index (χ1) is 15.9. The molecule has 2 aromatic heterocycles. The number of hydrogen-bond donors (Lipinski definition) is 4. The Hall–Kier alpha value is -3.77. The zero-order chi connectivity index (χ0) is 23.5. The fraction of sp³-hybridized carbons (Fsp3) is 0.381. The molecule has 0 aliphatic heterocycles. The Morgan fingerprint density at radius 3 is 2.64 bits per heavy atom. The number of methoxy groups -OCH3 is 1. The number of aromatic nitrogens is 4. The summed E-state index contributed by atoms with van der Waals surface area (Å²) in [5.41, 5.74) is 7.06. The predicted molar refractivity (Wildman–Crippen MR) is 115 cm³/mol. The average Bonchev–Trinajstić information content (AvgIpc) is 3.26. The third-order valence-corrected chi connectivity index (χ3v) is 5.69. The largest absolute Gasteiger partial charge is 0.482 e. The van der Waals surface area contributed by atoms with Gasteiger partial charge in [-0.1, -0.05) is 0 Å². The van der Waals surface area contributed by atoms with Crippen molar-refractivity contribution >= 4 is 28.9 Å². The summed E-state index contributed by atoms with van der Waals surface area (Å²) in [7, 11) is 1.26. The van der Waals surface area contributed by atoms with Crippen molar-refractivity contribution in [3.8, 4) is 5.75 Å². The van der Waals surface area contributed by atoms with Gasteiger partial charge in [-0.25, -0.2) is 19.7 Å². The van der Waals surface area contributed by atoms with Crippen molar-refractivity contribution in [3.63, 3.8) is 0 Å². The van der Waals surface area contributed by atoms with E-state index in [9.17, 15) is 19.8 Å². The van der Waals surface area contributed by atoms with Gasteiger partial charge in [0.25, 0.3) is 5.91 Å². The summed E-state index contributed by atoms with van der Waals surface area (Å²) in [5, 5.41) is 24.2. The fourth-order valence-corrected chi connectivity index (χ4v) is 3.89. The highest BCUT2D eigenvalue weighted by molar-refractivity contribution is 5.94. The smallest absolute Gasteiger partial charge is 0.343 e. The van der Waals surface area contributed by atoms with Gasteiger partial charge in [0, 0.05) is 5.56 Å². The zero-order valence-corrected chi connectivity index (χ0v) is 17.8. The molecular formula is C21H24N6O6. The van der Waals surface area contributed by atoms with Gasteiger partial charge in [-0.15, -0.1) is 0 Å². The number of anilines is 1. The van der Waals surface area contributed by atoms with E-state index in [1.54, 1.807) is 16.7 Å². The van der Waals surface area contributed by atoms with Crippen LogP contribution in [0.25, 0.3) is 11.2 Å². The molecule has 174 valence electrons. The quantitative estimate of drug-likeness (QED) is 0.364. The normalized spacial score (nSPS) is 22.6. The molecule has 0 radical (unpaired) electrons. The van der Waals surface area contributed by atoms with E-state index in [0.717, 1.165) is 0 Å². The number of imidazole rings is 1. The number of esters is 1. The molecule has 1 aliphatic carbocycles. The summed E-state index contributed by atoms with van der Waals surface area (Å²) in [5.74, 6) is -0.279. The van der Waals surface area contributed by atoms with Crippen LogP contribution in [0.5, 0.6) is 5.75 Å². The molecule has 1 fully saturated rings. The topological polar surface area (TPSA) is 175 Å². The molecule has 4 atom stereocenters. The minimum atomic E-state index is -1.20. The molecule has 4 rings (SSSR count). The van der Waals surface area contributed by atoms with Gasteiger partial charge in [-0.3, -0.25) is 4.79 Å². The van der Waals surface area contributed by atoms with Crippen LogP contribution in [0.3, 0.4) is 0 Å². The van der Waals surface area contributed by atoms with E-state index in [-0.39, 0.29) is 12.4 Å². The highest BCUT2D eigenvalue weighted by atomic mass is 16.6. The molecule has 12 nitrogen and oxygen atoms in total. The number of nitrogens with zero attached hydrogens (tertiary/aromatic N) is 4. The van der Waals surface area contributed by atoms with Crippen LogP contribution in [0.1, 0.15) is 29.2 Å². The number of fused-ring (bicyclic) bond motifs is 1. The van der Waals surface area contributed by atoms with Crippen LogP contribution < -0.4 is 15.8 Å². The van der Waals surface area contributed by atoms with Crippen molar-refractivity contribution in [2.75, 3.05) is 19.5 Å². The van der Waals surface area contributed by atoms with Crippen LogP contribution in [-0.2, 0) is 9.53 Å². The van der Waals surface area contributed by atoms with Gasteiger partial charge in [-0.05, 0) is 37.1 Å². The maximum absolute atomic E-state index is 12.6. The second-order valence-corrected chi connectivity index (χ2v) is 7.68. The van der Waals surface area contributed by atoms with Crippen molar-refractivity contribution in [3.05, 3.63) is 42.5 Å².